The third kappa shape index (κ3) is 3.02. The van der Waals surface area contributed by atoms with Gasteiger partial charge in [0.15, 0.2) is 0 Å². The number of carbonyl (C=O) groups is 2. The van der Waals surface area contributed by atoms with Crippen LogP contribution >= 0.6 is 0 Å². The van der Waals surface area contributed by atoms with Crippen molar-refractivity contribution in [2.75, 3.05) is 11.4 Å². The highest BCUT2D eigenvalue weighted by Crippen LogP contribution is 2.40. The number of rotatable bonds is 3. The smallest absolute Gasteiger partial charge is 0.259 e. The van der Waals surface area contributed by atoms with E-state index in [1.807, 2.05) is 75.4 Å². The van der Waals surface area contributed by atoms with Crippen molar-refractivity contribution in [3.8, 4) is 5.75 Å². The molecule has 0 bridgehead atoms. The summed E-state index contributed by atoms with van der Waals surface area (Å²) in [5, 5.41) is 5.08. The molecule has 0 saturated carbocycles. The Labute approximate surface area is 175 Å². The van der Waals surface area contributed by atoms with Gasteiger partial charge in [-0.3, -0.25) is 14.5 Å². The third-order valence-electron chi connectivity index (χ3n) is 5.91. The van der Waals surface area contributed by atoms with Gasteiger partial charge in [0.2, 0.25) is 5.91 Å². The molecule has 5 nitrogen and oxygen atoms in total. The summed E-state index contributed by atoms with van der Waals surface area (Å²) in [7, 11) is 0. The summed E-state index contributed by atoms with van der Waals surface area (Å²) in [5.74, 6) is 0.508. The maximum atomic E-state index is 13.0. The van der Waals surface area contributed by atoms with Crippen LogP contribution in [0.3, 0.4) is 0 Å². The average molecular weight is 400 g/mol. The van der Waals surface area contributed by atoms with Crippen LogP contribution in [0.15, 0.2) is 54.6 Å². The summed E-state index contributed by atoms with van der Waals surface area (Å²) >= 11 is 0. The third-order valence-corrected chi connectivity index (χ3v) is 5.91. The summed E-state index contributed by atoms with van der Waals surface area (Å²) in [6, 6.07) is 17.4. The highest BCUT2D eigenvalue weighted by Gasteiger charge is 2.36. The second-order valence-corrected chi connectivity index (χ2v) is 8.80. The van der Waals surface area contributed by atoms with Crippen molar-refractivity contribution in [2.45, 2.75) is 38.8 Å². The molecule has 152 valence electrons. The molecule has 2 amide bonds. The fourth-order valence-electron chi connectivity index (χ4n) is 4.61. The lowest BCUT2D eigenvalue weighted by atomic mass is 9.89. The molecule has 2 aliphatic rings. The number of nitrogens with zero attached hydrogens (tertiary/aromatic N) is 1. The predicted molar refractivity (Wildman–Crippen MR) is 117 cm³/mol. The summed E-state index contributed by atoms with van der Waals surface area (Å²) in [4.78, 5) is 27.6. The van der Waals surface area contributed by atoms with Crippen molar-refractivity contribution in [2.24, 2.45) is 0 Å². The number of ether oxygens (including phenoxy) is 1. The van der Waals surface area contributed by atoms with Crippen LogP contribution in [0.1, 0.15) is 47.8 Å². The van der Waals surface area contributed by atoms with Crippen molar-refractivity contribution in [1.29, 1.82) is 0 Å². The van der Waals surface area contributed by atoms with E-state index in [1.54, 1.807) is 4.90 Å². The second kappa shape index (κ2) is 6.59. The first kappa shape index (κ1) is 18.7. The maximum absolute atomic E-state index is 13.0. The molecule has 1 atom stereocenters. The van der Waals surface area contributed by atoms with Crippen LogP contribution in [-0.2, 0) is 4.79 Å². The van der Waals surface area contributed by atoms with E-state index in [4.69, 9.17) is 4.74 Å². The maximum Gasteiger partial charge on any atom is 0.259 e. The van der Waals surface area contributed by atoms with E-state index in [-0.39, 0.29) is 30.0 Å². The van der Waals surface area contributed by atoms with Gasteiger partial charge in [-0.15, -0.1) is 0 Å². The molecule has 0 saturated heterocycles. The lowest BCUT2D eigenvalue weighted by Gasteiger charge is -2.38. The van der Waals surface area contributed by atoms with Gasteiger partial charge in [-0.1, -0.05) is 36.4 Å². The highest BCUT2D eigenvalue weighted by atomic mass is 16.5. The normalized spacial score (nSPS) is 18.8. The minimum Gasteiger partial charge on any atom is -0.487 e. The minimum absolute atomic E-state index is 0.00833. The molecular weight excluding hydrogens is 376 g/mol. The molecular formula is C25H24N2O3. The van der Waals surface area contributed by atoms with Gasteiger partial charge in [0, 0.05) is 22.9 Å². The quantitative estimate of drug-likeness (QED) is 0.703. The Hall–Kier alpha value is -3.34. The molecule has 0 aliphatic carbocycles. The molecule has 2 heterocycles. The molecule has 3 aromatic rings. The molecule has 3 aromatic carbocycles. The molecule has 2 aliphatic heterocycles. The fourth-order valence-corrected chi connectivity index (χ4v) is 4.61. The summed E-state index contributed by atoms with van der Waals surface area (Å²) < 4.78 is 6.13. The van der Waals surface area contributed by atoms with Gasteiger partial charge in [0.25, 0.3) is 5.91 Å². The minimum atomic E-state index is -0.385. The highest BCUT2D eigenvalue weighted by molar-refractivity contribution is 6.26. The van der Waals surface area contributed by atoms with E-state index in [2.05, 4.69) is 5.32 Å². The van der Waals surface area contributed by atoms with Gasteiger partial charge in [-0.05, 0) is 49.9 Å². The number of benzene rings is 3. The van der Waals surface area contributed by atoms with Crippen LogP contribution in [0, 0.1) is 6.92 Å². The zero-order valence-electron chi connectivity index (χ0n) is 17.4. The van der Waals surface area contributed by atoms with Crippen molar-refractivity contribution >= 4 is 28.3 Å². The molecule has 5 heteroatoms. The summed E-state index contributed by atoms with van der Waals surface area (Å²) in [6.45, 7) is 6.07. The summed E-state index contributed by atoms with van der Waals surface area (Å²) in [5.41, 5.74) is 3.16. The van der Waals surface area contributed by atoms with E-state index >= 15 is 0 Å². The Kier molecular flexibility index (Phi) is 4.10. The van der Waals surface area contributed by atoms with Gasteiger partial charge in [-0.2, -0.15) is 0 Å². The number of carbonyl (C=O) groups excluding carboxylic acids is 2. The number of aryl methyl sites for hydroxylation is 1. The lowest BCUT2D eigenvalue weighted by Crippen LogP contribution is -2.45. The number of amides is 2. The van der Waals surface area contributed by atoms with Crippen LogP contribution < -0.4 is 15.0 Å². The standard InChI is InChI=1S/C25H24N2O3/c1-15-10-11-17-19(13-25(2,3)30-21(17)12-15)26-22(28)14-27-20-9-5-7-16-6-4-8-18(23(16)20)24(27)29/h4-12,19H,13-14H2,1-3H3,(H,26,28)/t19-/m0/s1. The van der Waals surface area contributed by atoms with Crippen molar-refractivity contribution in [1.82, 2.24) is 5.32 Å². The first-order valence-corrected chi connectivity index (χ1v) is 10.2. The first-order valence-electron chi connectivity index (χ1n) is 10.2. The Morgan fingerprint density at radius 1 is 1.17 bits per heavy atom. The Morgan fingerprint density at radius 3 is 2.73 bits per heavy atom. The van der Waals surface area contributed by atoms with E-state index in [9.17, 15) is 9.59 Å². The zero-order valence-corrected chi connectivity index (χ0v) is 17.4. The Bertz CT molecular complexity index is 1190. The van der Waals surface area contributed by atoms with Crippen molar-refractivity contribution in [3.63, 3.8) is 0 Å². The number of fused-ring (bicyclic) bond motifs is 1. The van der Waals surface area contributed by atoms with Gasteiger partial charge in [-0.25, -0.2) is 0 Å². The monoisotopic (exact) mass is 400 g/mol. The number of hydrogen-bond acceptors (Lipinski definition) is 3. The van der Waals surface area contributed by atoms with E-state index in [0.29, 0.717) is 12.0 Å². The van der Waals surface area contributed by atoms with Crippen LogP contribution in [0.2, 0.25) is 0 Å². The predicted octanol–water partition coefficient (Wildman–Crippen LogP) is 4.53. The second-order valence-electron chi connectivity index (χ2n) is 8.80. The molecule has 1 N–H and O–H groups in total. The largest absolute Gasteiger partial charge is 0.487 e. The van der Waals surface area contributed by atoms with Gasteiger partial charge in [0.05, 0.1) is 11.7 Å². The van der Waals surface area contributed by atoms with E-state index in [0.717, 1.165) is 33.3 Å². The molecule has 0 radical (unpaired) electrons. The first-order chi connectivity index (χ1) is 14.3. The Morgan fingerprint density at radius 2 is 1.93 bits per heavy atom. The van der Waals surface area contributed by atoms with E-state index < -0.39 is 0 Å². The molecule has 0 fully saturated rings. The van der Waals surface area contributed by atoms with Gasteiger partial charge in [0.1, 0.15) is 17.9 Å². The Balaban J connectivity index is 1.40. The summed E-state index contributed by atoms with van der Waals surface area (Å²) in [6.07, 6.45) is 0.665. The number of hydrogen-bond donors (Lipinski definition) is 1. The molecule has 30 heavy (non-hydrogen) atoms. The molecule has 5 rings (SSSR count). The molecule has 0 aromatic heterocycles. The fraction of sp³-hybridized carbons (Fsp3) is 0.280. The van der Waals surface area contributed by atoms with Gasteiger partial charge >= 0.3 is 0 Å². The van der Waals surface area contributed by atoms with E-state index in [1.165, 1.54) is 0 Å². The lowest BCUT2D eigenvalue weighted by molar-refractivity contribution is -0.121. The van der Waals surface area contributed by atoms with Crippen LogP contribution in [-0.4, -0.2) is 24.0 Å². The van der Waals surface area contributed by atoms with Crippen LogP contribution in [0.5, 0.6) is 5.75 Å². The molecule has 0 spiro atoms. The SMILES string of the molecule is Cc1ccc2c(c1)OC(C)(C)C[C@@H]2NC(=O)CN1C(=O)c2cccc3cccc1c23. The number of nitrogens with one attached hydrogen (secondary N) is 1. The van der Waals surface area contributed by atoms with Crippen LogP contribution in [0.25, 0.3) is 10.8 Å². The number of anilines is 1. The van der Waals surface area contributed by atoms with Crippen LogP contribution in [0.4, 0.5) is 5.69 Å². The topological polar surface area (TPSA) is 58.6 Å². The van der Waals surface area contributed by atoms with Crippen molar-refractivity contribution < 1.29 is 14.3 Å². The zero-order chi connectivity index (χ0) is 21.0. The van der Waals surface area contributed by atoms with Crippen molar-refractivity contribution in [3.05, 3.63) is 71.3 Å². The average Bonchev–Trinajstić information content (AvgIpc) is 2.95. The van der Waals surface area contributed by atoms with Gasteiger partial charge < -0.3 is 10.1 Å². The molecule has 0 unspecified atom stereocenters.